The van der Waals surface area contributed by atoms with Crippen LogP contribution < -0.4 is 10.6 Å². The highest BCUT2D eigenvalue weighted by molar-refractivity contribution is 5.96. The second-order valence-electron chi connectivity index (χ2n) is 7.99. The average molecular weight is 395 g/mol. The van der Waals surface area contributed by atoms with Crippen molar-refractivity contribution in [2.24, 2.45) is 5.92 Å². The zero-order valence-corrected chi connectivity index (χ0v) is 16.4. The monoisotopic (exact) mass is 395 g/mol. The molecule has 0 radical (unpaired) electrons. The molecule has 5 nitrogen and oxygen atoms in total. The Morgan fingerprint density at radius 3 is 2.21 bits per heavy atom. The molecule has 1 saturated heterocycles. The average Bonchev–Trinajstić information content (AvgIpc) is 3.57. The lowest BCUT2D eigenvalue weighted by Crippen LogP contribution is -2.44. The van der Waals surface area contributed by atoms with Gasteiger partial charge < -0.3 is 10.6 Å². The Bertz CT molecular complexity index is 855. The zero-order chi connectivity index (χ0) is 20.2. The summed E-state index contributed by atoms with van der Waals surface area (Å²) in [5, 5.41) is 6.00. The second-order valence-corrected chi connectivity index (χ2v) is 7.99. The van der Waals surface area contributed by atoms with Crippen LogP contribution in [0.15, 0.2) is 48.5 Å². The number of carbonyl (C=O) groups excluding carboxylic acids is 2. The molecule has 0 unspecified atom stereocenters. The largest absolute Gasteiger partial charge is 0.349 e. The number of amides is 2. The van der Waals surface area contributed by atoms with E-state index in [2.05, 4.69) is 15.5 Å². The van der Waals surface area contributed by atoms with Crippen molar-refractivity contribution in [1.82, 2.24) is 10.2 Å². The number of likely N-dealkylation sites (tertiary alicyclic amines) is 1. The van der Waals surface area contributed by atoms with Gasteiger partial charge in [0.25, 0.3) is 5.91 Å². The number of halogens is 1. The second kappa shape index (κ2) is 8.74. The maximum atomic E-state index is 13.0. The molecule has 2 N–H and O–H groups in total. The molecule has 2 aromatic carbocycles. The van der Waals surface area contributed by atoms with Crippen molar-refractivity contribution in [2.45, 2.75) is 38.3 Å². The first-order valence-electron chi connectivity index (χ1n) is 10.3. The molecule has 1 heterocycles. The Kier molecular flexibility index (Phi) is 5.90. The van der Waals surface area contributed by atoms with Gasteiger partial charge in [0.2, 0.25) is 5.91 Å². The van der Waals surface area contributed by atoms with E-state index in [1.807, 2.05) is 12.1 Å². The number of benzene rings is 2. The summed E-state index contributed by atoms with van der Waals surface area (Å²) >= 11 is 0. The first-order valence-corrected chi connectivity index (χ1v) is 10.3. The van der Waals surface area contributed by atoms with E-state index < -0.39 is 0 Å². The molecule has 1 saturated carbocycles. The Morgan fingerprint density at radius 2 is 1.59 bits per heavy atom. The zero-order valence-electron chi connectivity index (χ0n) is 16.4. The fourth-order valence-electron chi connectivity index (χ4n) is 3.65. The lowest BCUT2D eigenvalue weighted by Gasteiger charge is -2.32. The predicted molar refractivity (Wildman–Crippen MR) is 110 cm³/mol. The van der Waals surface area contributed by atoms with E-state index in [0.717, 1.165) is 56.6 Å². The van der Waals surface area contributed by atoms with Gasteiger partial charge in [0.15, 0.2) is 0 Å². The maximum Gasteiger partial charge on any atom is 0.251 e. The van der Waals surface area contributed by atoms with Gasteiger partial charge in [-0.3, -0.25) is 14.5 Å². The number of nitrogens with zero attached hydrogens (tertiary/aromatic N) is 1. The van der Waals surface area contributed by atoms with Crippen LogP contribution in [-0.2, 0) is 11.3 Å². The van der Waals surface area contributed by atoms with E-state index in [1.165, 1.54) is 12.1 Å². The van der Waals surface area contributed by atoms with Gasteiger partial charge >= 0.3 is 0 Å². The quantitative estimate of drug-likeness (QED) is 0.786. The smallest absolute Gasteiger partial charge is 0.251 e. The highest BCUT2D eigenvalue weighted by Gasteiger charge is 2.29. The minimum atomic E-state index is -0.214. The summed E-state index contributed by atoms with van der Waals surface area (Å²) in [4.78, 5) is 26.7. The van der Waals surface area contributed by atoms with Crippen LogP contribution in [0.5, 0.6) is 0 Å². The SMILES string of the molecule is O=C(NC1CCN(Cc2ccc(F)cc2)CC1)c1ccc(NC(=O)C2CC2)cc1. The molecule has 0 bridgehead atoms. The number of hydrogen-bond acceptors (Lipinski definition) is 3. The Balaban J connectivity index is 1.23. The summed E-state index contributed by atoms with van der Waals surface area (Å²) in [5.41, 5.74) is 2.43. The van der Waals surface area contributed by atoms with E-state index >= 15 is 0 Å². The van der Waals surface area contributed by atoms with Crippen molar-refractivity contribution >= 4 is 17.5 Å². The van der Waals surface area contributed by atoms with Gasteiger partial charge in [0, 0.05) is 42.8 Å². The summed E-state index contributed by atoms with van der Waals surface area (Å²) in [6, 6.07) is 13.8. The topological polar surface area (TPSA) is 61.4 Å². The summed E-state index contributed by atoms with van der Waals surface area (Å²) in [5.74, 6) is -0.0722. The lowest BCUT2D eigenvalue weighted by molar-refractivity contribution is -0.117. The third-order valence-corrected chi connectivity index (χ3v) is 5.61. The van der Waals surface area contributed by atoms with Crippen molar-refractivity contribution in [3.63, 3.8) is 0 Å². The van der Waals surface area contributed by atoms with Gasteiger partial charge in [-0.05, 0) is 67.6 Å². The molecule has 1 aliphatic carbocycles. The normalized spacial score (nSPS) is 17.7. The molecule has 29 heavy (non-hydrogen) atoms. The molecule has 6 heteroatoms. The first kappa shape index (κ1) is 19.6. The van der Waals surface area contributed by atoms with Crippen LogP contribution in [-0.4, -0.2) is 35.8 Å². The van der Waals surface area contributed by atoms with Gasteiger partial charge in [-0.1, -0.05) is 12.1 Å². The van der Waals surface area contributed by atoms with Gasteiger partial charge in [-0.15, -0.1) is 0 Å². The lowest BCUT2D eigenvalue weighted by atomic mass is 10.0. The molecule has 2 fully saturated rings. The van der Waals surface area contributed by atoms with E-state index in [-0.39, 0.29) is 29.6 Å². The summed E-state index contributed by atoms with van der Waals surface area (Å²) in [6.45, 7) is 2.60. The third-order valence-electron chi connectivity index (χ3n) is 5.61. The molecule has 0 spiro atoms. The van der Waals surface area contributed by atoms with E-state index in [9.17, 15) is 14.0 Å². The van der Waals surface area contributed by atoms with Crippen LogP contribution in [0.1, 0.15) is 41.6 Å². The number of nitrogens with one attached hydrogen (secondary N) is 2. The molecular formula is C23H26FN3O2. The van der Waals surface area contributed by atoms with Crippen molar-refractivity contribution in [2.75, 3.05) is 18.4 Å². The molecule has 0 aromatic heterocycles. The molecule has 152 valence electrons. The summed E-state index contributed by atoms with van der Waals surface area (Å²) in [6.07, 6.45) is 3.72. The molecular weight excluding hydrogens is 369 g/mol. The minimum Gasteiger partial charge on any atom is -0.349 e. The minimum absolute atomic E-state index is 0.0644. The molecule has 1 aliphatic heterocycles. The van der Waals surface area contributed by atoms with Crippen LogP contribution in [0.4, 0.5) is 10.1 Å². The molecule has 2 amide bonds. The van der Waals surface area contributed by atoms with Gasteiger partial charge in [0.05, 0.1) is 0 Å². The molecule has 2 aliphatic rings. The Hall–Kier alpha value is -2.73. The Labute approximate surface area is 170 Å². The van der Waals surface area contributed by atoms with Gasteiger partial charge in [-0.2, -0.15) is 0 Å². The first-order chi connectivity index (χ1) is 14.1. The van der Waals surface area contributed by atoms with Gasteiger partial charge in [-0.25, -0.2) is 4.39 Å². The van der Waals surface area contributed by atoms with Crippen LogP contribution in [0.2, 0.25) is 0 Å². The van der Waals surface area contributed by atoms with Crippen LogP contribution in [0, 0.1) is 11.7 Å². The fourth-order valence-corrected chi connectivity index (χ4v) is 3.65. The van der Waals surface area contributed by atoms with Crippen molar-refractivity contribution in [3.8, 4) is 0 Å². The van der Waals surface area contributed by atoms with Gasteiger partial charge in [0.1, 0.15) is 5.82 Å². The fraction of sp³-hybridized carbons (Fsp3) is 0.391. The Morgan fingerprint density at radius 1 is 0.931 bits per heavy atom. The highest BCUT2D eigenvalue weighted by Crippen LogP contribution is 2.30. The molecule has 2 aromatic rings. The molecule has 4 rings (SSSR count). The van der Waals surface area contributed by atoms with Crippen LogP contribution in [0.3, 0.4) is 0 Å². The number of rotatable bonds is 6. The number of piperidine rings is 1. The van der Waals surface area contributed by atoms with Crippen LogP contribution in [0.25, 0.3) is 0 Å². The van der Waals surface area contributed by atoms with E-state index in [0.29, 0.717) is 5.56 Å². The van der Waals surface area contributed by atoms with Crippen molar-refractivity contribution in [1.29, 1.82) is 0 Å². The standard InChI is InChI=1S/C23H26FN3O2/c24-19-7-1-16(2-8-19)15-27-13-11-21(12-14-27)26-23(29)18-5-9-20(10-6-18)25-22(28)17-3-4-17/h1-2,5-10,17,21H,3-4,11-15H2,(H,25,28)(H,26,29). The van der Waals surface area contributed by atoms with Crippen LogP contribution >= 0.6 is 0 Å². The summed E-state index contributed by atoms with van der Waals surface area (Å²) in [7, 11) is 0. The number of anilines is 1. The highest BCUT2D eigenvalue weighted by atomic mass is 19.1. The maximum absolute atomic E-state index is 13.0. The predicted octanol–water partition coefficient (Wildman–Crippen LogP) is 3.57. The van der Waals surface area contributed by atoms with E-state index in [1.54, 1.807) is 24.3 Å². The van der Waals surface area contributed by atoms with Crippen molar-refractivity contribution in [3.05, 3.63) is 65.5 Å². The number of carbonyl (C=O) groups is 2. The number of hydrogen-bond donors (Lipinski definition) is 2. The van der Waals surface area contributed by atoms with E-state index in [4.69, 9.17) is 0 Å². The van der Waals surface area contributed by atoms with Crippen molar-refractivity contribution < 1.29 is 14.0 Å². The third kappa shape index (κ3) is 5.41. The summed E-state index contributed by atoms with van der Waals surface area (Å²) < 4.78 is 13.0. The molecule has 0 atom stereocenters.